The highest BCUT2D eigenvalue weighted by Gasteiger charge is 2.11. The molecular weight excluding hydrogens is 138 g/mol. The minimum Gasteiger partial charge on any atom is -0.0897 e. The molecule has 1 aliphatic carbocycles. The Labute approximate surface area is 57.6 Å². The van der Waals surface area contributed by atoms with Gasteiger partial charge in [-0.15, -0.1) is 0 Å². The second-order valence-electron chi connectivity index (χ2n) is 2.39. The molecule has 0 unspecified atom stereocenters. The summed E-state index contributed by atoms with van der Waals surface area (Å²) in [5.74, 6) is 0. The summed E-state index contributed by atoms with van der Waals surface area (Å²) in [4.78, 5) is 0. The monoisotopic (exact) mass is 149 g/mol. The van der Waals surface area contributed by atoms with E-state index < -0.39 is 0 Å². The third-order valence-electron chi connectivity index (χ3n) is 1.71. The molecule has 47 valence electrons. The van der Waals surface area contributed by atoms with E-state index in [4.69, 9.17) is 11.2 Å². The second kappa shape index (κ2) is 3.69. The quantitative estimate of drug-likeness (QED) is 0.501. The van der Waals surface area contributed by atoms with Crippen molar-refractivity contribution in [3.05, 3.63) is 0 Å². The molecule has 1 fully saturated rings. The summed E-state index contributed by atoms with van der Waals surface area (Å²) in [7, 11) is 1.10. The minimum absolute atomic E-state index is 0.824. The molecular formula is C6H11ClP. The Kier molecular flexibility index (Phi) is 3.15. The third-order valence-corrected chi connectivity index (χ3v) is 3.33. The van der Waals surface area contributed by atoms with Crippen LogP contribution in [0.25, 0.3) is 0 Å². The zero-order chi connectivity index (χ0) is 5.82. The fourth-order valence-corrected chi connectivity index (χ4v) is 2.32. The van der Waals surface area contributed by atoms with Crippen LogP contribution in [0.2, 0.25) is 0 Å². The summed E-state index contributed by atoms with van der Waals surface area (Å²) in [5, 5.41) is 0. The van der Waals surface area contributed by atoms with Crippen LogP contribution in [0.1, 0.15) is 32.1 Å². The van der Waals surface area contributed by atoms with Crippen molar-refractivity contribution in [1.29, 1.82) is 0 Å². The molecule has 1 saturated carbocycles. The van der Waals surface area contributed by atoms with E-state index in [1.54, 1.807) is 0 Å². The molecule has 0 aromatic heterocycles. The molecule has 1 radical (unpaired) electrons. The lowest BCUT2D eigenvalue weighted by Gasteiger charge is -2.16. The van der Waals surface area contributed by atoms with E-state index >= 15 is 0 Å². The lowest BCUT2D eigenvalue weighted by atomic mass is 10.0. The third kappa shape index (κ3) is 1.91. The molecule has 2 heteroatoms. The van der Waals surface area contributed by atoms with E-state index in [-0.39, 0.29) is 0 Å². The second-order valence-corrected chi connectivity index (χ2v) is 3.90. The van der Waals surface area contributed by atoms with Gasteiger partial charge in [-0.1, -0.05) is 30.5 Å². The van der Waals surface area contributed by atoms with Gasteiger partial charge in [0.05, 0.1) is 0 Å². The first-order valence-corrected chi connectivity index (χ1v) is 5.11. The topological polar surface area (TPSA) is 0 Å². The molecule has 0 heterocycles. The van der Waals surface area contributed by atoms with Crippen LogP contribution in [-0.2, 0) is 0 Å². The molecule has 0 saturated heterocycles. The Morgan fingerprint density at radius 1 is 1.12 bits per heavy atom. The van der Waals surface area contributed by atoms with Crippen LogP contribution in [-0.4, -0.2) is 5.66 Å². The fourth-order valence-electron chi connectivity index (χ4n) is 1.18. The summed E-state index contributed by atoms with van der Waals surface area (Å²) in [5.41, 5.74) is 0.824. The molecule has 0 atom stereocenters. The first-order chi connectivity index (χ1) is 3.93. The first-order valence-electron chi connectivity index (χ1n) is 3.24. The Hall–Kier alpha value is 0.720. The average Bonchev–Trinajstić information content (AvgIpc) is 1.90. The van der Waals surface area contributed by atoms with Crippen LogP contribution in [0.5, 0.6) is 0 Å². The van der Waals surface area contributed by atoms with E-state index in [9.17, 15) is 0 Å². The highest BCUT2D eigenvalue weighted by Crippen LogP contribution is 2.35. The maximum atomic E-state index is 5.65. The Balaban J connectivity index is 2.13. The lowest BCUT2D eigenvalue weighted by Crippen LogP contribution is -2.04. The molecule has 0 amide bonds. The van der Waals surface area contributed by atoms with Crippen LogP contribution in [0.4, 0.5) is 0 Å². The number of halogens is 1. The average molecular weight is 150 g/mol. The van der Waals surface area contributed by atoms with Gasteiger partial charge in [0.15, 0.2) is 0 Å². The Morgan fingerprint density at radius 2 is 1.75 bits per heavy atom. The summed E-state index contributed by atoms with van der Waals surface area (Å²) in [6.45, 7) is 0. The lowest BCUT2D eigenvalue weighted by molar-refractivity contribution is 0.515. The highest BCUT2D eigenvalue weighted by atomic mass is 35.7. The van der Waals surface area contributed by atoms with E-state index in [2.05, 4.69) is 0 Å². The zero-order valence-electron chi connectivity index (χ0n) is 4.94. The van der Waals surface area contributed by atoms with Crippen LogP contribution in [0.3, 0.4) is 0 Å². The van der Waals surface area contributed by atoms with Gasteiger partial charge in [0, 0.05) is 7.93 Å². The van der Waals surface area contributed by atoms with E-state index in [1.165, 1.54) is 32.1 Å². The molecule has 0 aromatic rings. The summed E-state index contributed by atoms with van der Waals surface area (Å²) in [6, 6.07) is 0. The summed E-state index contributed by atoms with van der Waals surface area (Å²) < 4.78 is 0. The molecule has 0 aliphatic heterocycles. The van der Waals surface area contributed by atoms with Gasteiger partial charge >= 0.3 is 0 Å². The van der Waals surface area contributed by atoms with Gasteiger partial charge < -0.3 is 0 Å². The molecule has 0 bridgehead atoms. The van der Waals surface area contributed by atoms with Gasteiger partial charge in [-0.2, -0.15) is 0 Å². The highest BCUT2D eigenvalue weighted by molar-refractivity contribution is 7.69. The normalized spacial score (nSPS) is 25.1. The molecule has 0 spiro atoms. The first kappa shape index (κ1) is 6.83. The number of hydrogen-bond acceptors (Lipinski definition) is 0. The van der Waals surface area contributed by atoms with Crippen molar-refractivity contribution in [1.82, 2.24) is 0 Å². The fraction of sp³-hybridized carbons (Fsp3) is 1.00. The van der Waals surface area contributed by atoms with Crippen molar-refractivity contribution < 1.29 is 0 Å². The van der Waals surface area contributed by atoms with E-state index in [1.807, 2.05) is 0 Å². The minimum atomic E-state index is 0.824. The maximum absolute atomic E-state index is 5.65. The van der Waals surface area contributed by atoms with Crippen LogP contribution < -0.4 is 0 Å². The van der Waals surface area contributed by atoms with Crippen LogP contribution in [0, 0.1) is 0 Å². The largest absolute Gasteiger partial charge is 0.0897 e. The predicted molar refractivity (Wildman–Crippen MR) is 39.6 cm³/mol. The van der Waals surface area contributed by atoms with Crippen molar-refractivity contribution in [2.45, 2.75) is 37.8 Å². The van der Waals surface area contributed by atoms with Crippen LogP contribution in [0.15, 0.2) is 0 Å². The van der Waals surface area contributed by atoms with Crippen LogP contribution >= 0.6 is 19.2 Å². The standard InChI is InChI=1S/C6H11ClP/c7-8-6-4-2-1-3-5-6/h6H,1-5H2. The summed E-state index contributed by atoms with van der Waals surface area (Å²) in [6.07, 6.45) is 6.98. The van der Waals surface area contributed by atoms with Gasteiger partial charge in [0.2, 0.25) is 0 Å². The SMILES string of the molecule is Cl[P]C1CCCCC1. The van der Waals surface area contributed by atoms with E-state index in [0.29, 0.717) is 0 Å². The Bertz CT molecular complexity index is 59.5. The molecule has 1 rings (SSSR count). The van der Waals surface area contributed by atoms with Gasteiger partial charge in [-0.25, -0.2) is 0 Å². The molecule has 0 nitrogen and oxygen atoms in total. The van der Waals surface area contributed by atoms with Crippen molar-refractivity contribution in [2.24, 2.45) is 0 Å². The smallest absolute Gasteiger partial charge is 0.0343 e. The number of rotatable bonds is 1. The molecule has 0 aromatic carbocycles. The summed E-state index contributed by atoms with van der Waals surface area (Å²) >= 11 is 5.65. The van der Waals surface area contributed by atoms with Crippen molar-refractivity contribution in [3.8, 4) is 0 Å². The van der Waals surface area contributed by atoms with Crippen molar-refractivity contribution >= 4 is 19.2 Å². The molecule has 8 heavy (non-hydrogen) atoms. The van der Waals surface area contributed by atoms with Gasteiger partial charge in [-0.05, 0) is 18.5 Å². The Morgan fingerprint density at radius 3 is 2.12 bits per heavy atom. The number of hydrogen-bond donors (Lipinski definition) is 0. The maximum Gasteiger partial charge on any atom is 0.0343 e. The van der Waals surface area contributed by atoms with Gasteiger partial charge in [0.1, 0.15) is 0 Å². The van der Waals surface area contributed by atoms with Gasteiger partial charge in [-0.3, -0.25) is 0 Å². The zero-order valence-corrected chi connectivity index (χ0v) is 6.59. The van der Waals surface area contributed by atoms with Crippen molar-refractivity contribution in [3.63, 3.8) is 0 Å². The van der Waals surface area contributed by atoms with Crippen molar-refractivity contribution in [2.75, 3.05) is 0 Å². The molecule has 0 N–H and O–H groups in total. The predicted octanol–water partition coefficient (Wildman–Crippen LogP) is 3.42. The van der Waals surface area contributed by atoms with E-state index in [0.717, 1.165) is 13.6 Å². The molecule has 1 aliphatic rings. The van der Waals surface area contributed by atoms with Gasteiger partial charge in [0.25, 0.3) is 0 Å².